The van der Waals surface area contributed by atoms with Crippen molar-refractivity contribution in [3.8, 4) is 11.3 Å². The molecule has 3 aromatic heterocycles. The van der Waals surface area contributed by atoms with E-state index in [4.69, 9.17) is 0 Å². The van der Waals surface area contributed by atoms with Gasteiger partial charge in [-0.1, -0.05) is 0 Å². The van der Waals surface area contributed by atoms with E-state index in [9.17, 15) is 0 Å². The van der Waals surface area contributed by atoms with Crippen molar-refractivity contribution < 1.29 is 0 Å². The van der Waals surface area contributed by atoms with E-state index >= 15 is 0 Å². The highest BCUT2D eigenvalue weighted by Gasteiger charge is 2.04. The molecule has 0 bridgehead atoms. The van der Waals surface area contributed by atoms with Crippen molar-refractivity contribution in [2.45, 2.75) is 0 Å². The largest absolute Gasteiger partial charge is 0.265 e. The van der Waals surface area contributed by atoms with Crippen molar-refractivity contribution >= 4 is 5.78 Å². The lowest BCUT2D eigenvalue weighted by Gasteiger charge is -1.91. The Morgan fingerprint density at radius 2 is 1.87 bits per heavy atom. The number of hydrogen-bond acceptors (Lipinski definition) is 4. The van der Waals surface area contributed by atoms with E-state index < -0.39 is 0 Å². The quantitative estimate of drug-likeness (QED) is 0.588. The highest BCUT2D eigenvalue weighted by atomic mass is 15.3. The topological polar surface area (TPSA) is 56.0 Å². The maximum atomic E-state index is 4.34. The van der Waals surface area contributed by atoms with Gasteiger partial charge in [-0.2, -0.15) is 5.10 Å². The molecule has 3 aromatic rings. The molecule has 3 rings (SSSR count). The van der Waals surface area contributed by atoms with Crippen LogP contribution in [0.4, 0.5) is 0 Å². The first-order valence-corrected chi connectivity index (χ1v) is 4.50. The molecule has 0 fully saturated rings. The van der Waals surface area contributed by atoms with Crippen LogP contribution in [0, 0.1) is 0 Å². The summed E-state index contributed by atoms with van der Waals surface area (Å²) in [6.45, 7) is 0. The summed E-state index contributed by atoms with van der Waals surface area (Å²) >= 11 is 0. The molecule has 0 atom stereocenters. The molecule has 0 amide bonds. The predicted octanol–water partition coefficient (Wildman–Crippen LogP) is 1.19. The first kappa shape index (κ1) is 8.05. The Morgan fingerprint density at radius 3 is 2.67 bits per heavy atom. The minimum absolute atomic E-state index is 0.601. The van der Waals surface area contributed by atoms with Gasteiger partial charge in [0.2, 0.25) is 0 Å². The number of rotatable bonds is 1. The van der Waals surface area contributed by atoms with E-state index in [1.807, 2.05) is 18.3 Å². The zero-order valence-corrected chi connectivity index (χ0v) is 7.78. The monoisotopic (exact) mass is 197 g/mol. The molecule has 3 heterocycles. The summed E-state index contributed by atoms with van der Waals surface area (Å²) in [5.74, 6) is 0.601. The Bertz CT molecular complexity index is 554. The van der Waals surface area contributed by atoms with Crippen LogP contribution < -0.4 is 0 Å². The first-order chi connectivity index (χ1) is 7.43. The van der Waals surface area contributed by atoms with Gasteiger partial charge in [0.15, 0.2) is 0 Å². The van der Waals surface area contributed by atoms with Gasteiger partial charge < -0.3 is 0 Å². The van der Waals surface area contributed by atoms with E-state index in [1.165, 1.54) is 0 Å². The van der Waals surface area contributed by atoms with Gasteiger partial charge in [0.1, 0.15) is 0 Å². The maximum absolute atomic E-state index is 4.34. The third kappa shape index (κ3) is 1.34. The van der Waals surface area contributed by atoms with Gasteiger partial charge in [-0.05, 0) is 12.1 Å². The van der Waals surface area contributed by atoms with Gasteiger partial charge in [0.05, 0.1) is 24.3 Å². The summed E-state index contributed by atoms with van der Waals surface area (Å²) in [7, 11) is 0. The molecule has 0 radical (unpaired) electrons. The van der Waals surface area contributed by atoms with Crippen LogP contribution in [-0.4, -0.2) is 24.6 Å². The van der Waals surface area contributed by atoms with Crippen molar-refractivity contribution in [1.82, 2.24) is 24.6 Å². The van der Waals surface area contributed by atoms with Gasteiger partial charge >= 0.3 is 0 Å². The van der Waals surface area contributed by atoms with Gasteiger partial charge in [0.25, 0.3) is 5.78 Å². The lowest BCUT2D eigenvalue weighted by Crippen LogP contribution is -1.89. The number of aromatic nitrogens is 5. The minimum atomic E-state index is 0.601. The Balaban J connectivity index is 2.21. The van der Waals surface area contributed by atoms with Crippen molar-refractivity contribution in [2.24, 2.45) is 0 Å². The Labute approximate surface area is 85.5 Å². The zero-order chi connectivity index (χ0) is 10.1. The highest BCUT2D eigenvalue weighted by molar-refractivity contribution is 5.60. The average Bonchev–Trinajstić information content (AvgIpc) is 2.74. The van der Waals surface area contributed by atoms with Crippen LogP contribution in [0.25, 0.3) is 17.0 Å². The fourth-order valence-corrected chi connectivity index (χ4v) is 1.40. The molecule has 0 spiro atoms. The zero-order valence-electron chi connectivity index (χ0n) is 7.78. The molecular formula is C10H7N5. The molecule has 5 nitrogen and oxygen atoms in total. The summed E-state index contributed by atoms with van der Waals surface area (Å²) in [6.07, 6.45) is 8.57. The number of pyridine rings is 1. The van der Waals surface area contributed by atoms with Gasteiger partial charge in [0, 0.05) is 18.0 Å². The third-order valence-electron chi connectivity index (χ3n) is 2.09. The normalized spacial score (nSPS) is 10.7. The summed E-state index contributed by atoms with van der Waals surface area (Å²) in [5, 5.41) is 4.10. The lowest BCUT2D eigenvalue weighted by atomic mass is 10.2. The van der Waals surface area contributed by atoms with Crippen LogP contribution in [0.15, 0.2) is 43.1 Å². The fourth-order valence-electron chi connectivity index (χ4n) is 1.40. The molecule has 5 heteroatoms. The summed E-state index contributed by atoms with van der Waals surface area (Å²) in [6, 6.07) is 3.81. The minimum Gasteiger partial charge on any atom is -0.265 e. The number of nitrogens with zero attached hydrogens (tertiary/aromatic N) is 5. The molecule has 0 aliphatic heterocycles. The van der Waals surface area contributed by atoms with Gasteiger partial charge in [-0.3, -0.25) is 4.98 Å². The molecule has 0 aromatic carbocycles. The van der Waals surface area contributed by atoms with Gasteiger partial charge in [-0.25, -0.2) is 14.5 Å². The molecule has 15 heavy (non-hydrogen) atoms. The van der Waals surface area contributed by atoms with Crippen molar-refractivity contribution in [1.29, 1.82) is 0 Å². The molecule has 0 aliphatic carbocycles. The van der Waals surface area contributed by atoms with Crippen LogP contribution in [0.1, 0.15) is 0 Å². The summed E-state index contributed by atoms with van der Waals surface area (Å²) in [4.78, 5) is 12.4. The van der Waals surface area contributed by atoms with E-state index in [2.05, 4.69) is 20.1 Å². The molecule has 0 saturated carbocycles. The van der Waals surface area contributed by atoms with Crippen molar-refractivity contribution in [2.75, 3.05) is 0 Å². The van der Waals surface area contributed by atoms with Crippen LogP contribution >= 0.6 is 0 Å². The third-order valence-corrected chi connectivity index (χ3v) is 2.09. The predicted molar refractivity (Wildman–Crippen MR) is 54.0 cm³/mol. The second kappa shape index (κ2) is 3.13. The number of hydrogen-bond donors (Lipinski definition) is 0. The first-order valence-electron chi connectivity index (χ1n) is 4.50. The second-order valence-electron chi connectivity index (χ2n) is 3.05. The van der Waals surface area contributed by atoms with Gasteiger partial charge in [-0.15, -0.1) is 0 Å². The molecular weight excluding hydrogens is 190 g/mol. The average molecular weight is 197 g/mol. The summed E-state index contributed by atoms with van der Waals surface area (Å²) < 4.78 is 1.65. The van der Waals surface area contributed by atoms with Crippen LogP contribution in [0.5, 0.6) is 0 Å². The Kier molecular flexibility index (Phi) is 1.68. The second-order valence-corrected chi connectivity index (χ2v) is 3.05. The molecule has 0 aliphatic rings. The maximum Gasteiger partial charge on any atom is 0.251 e. The molecule has 0 unspecified atom stereocenters. The number of imidazole rings is 1. The van der Waals surface area contributed by atoms with E-state index in [0.29, 0.717) is 5.78 Å². The molecule has 72 valence electrons. The molecule has 0 N–H and O–H groups in total. The smallest absolute Gasteiger partial charge is 0.251 e. The van der Waals surface area contributed by atoms with Crippen LogP contribution in [0.2, 0.25) is 0 Å². The SMILES string of the molecule is c1cc(-c2cn3nccnc3n2)ccn1. The Hall–Kier alpha value is -2.30. The van der Waals surface area contributed by atoms with Crippen molar-refractivity contribution in [3.63, 3.8) is 0 Å². The lowest BCUT2D eigenvalue weighted by molar-refractivity contribution is 0.902. The number of fused-ring (bicyclic) bond motifs is 1. The van der Waals surface area contributed by atoms with Crippen LogP contribution in [-0.2, 0) is 0 Å². The van der Waals surface area contributed by atoms with E-state index in [1.54, 1.807) is 29.3 Å². The fraction of sp³-hybridized carbons (Fsp3) is 0. The Morgan fingerprint density at radius 1 is 1.00 bits per heavy atom. The highest BCUT2D eigenvalue weighted by Crippen LogP contribution is 2.15. The van der Waals surface area contributed by atoms with E-state index in [-0.39, 0.29) is 0 Å². The molecule has 0 saturated heterocycles. The summed E-state index contributed by atoms with van der Waals surface area (Å²) in [5.41, 5.74) is 1.86. The van der Waals surface area contributed by atoms with E-state index in [0.717, 1.165) is 11.3 Å². The van der Waals surface area contributed by atoms with Crippen LogP contribution in [0.3, 0.4) is 0 Å². The van der Waals surface area contributed by atoms with Crippen molar-refractivity contribution in [3.05, 3.63) is 43.1 Å². The standard InChI is InChI=1S/C10H7N5/c1-3-11-4-2-8(1)9-7-15-10(14-9)12-5-6-13-15/h1-7H.